The maximum absolute atomic E-state index is 12.6. The number of hydrogen-bond donors (Lipinski definition) is 4. The molecule has 1 heterocycles. The summed E-state index contributed by atoms with van der Waals surface area (Å²) in [5.41, 5.74) is 13.4. The van der Waals surface area contributed by atoms with E-state index in [2.05, 4.69) is 24.1 Å². The Hall–Kier alpha value is -1.63. The van der Waals surface area contributed by atoms with E-state index in [1.54, 1.807) is 12.1 Å². The van der Waals surface area contributed by atoms with Gasteiger partial charge >= 0.3 is 0 Å². The lowest BCUT2D eigenvalue weighted by molar-refractivity contribution is -0.125. The molecule has 0 radical (unpaired) electrons. The van der Waals surface area contributed by atoms with Crippen LogP contribution in [0.5, 0.6) is 0 Å². The van der Waals surface area contributed by atoms with Crippen molar-refractivity contribution in [2.24, 2.45) is 17.4 Å². The molecule has 1 aromatic carbocycles. The molecule has 0 unspecified atom stereocenters. The molecule has 0 bridgehead atoms. The molecule has 1 aromatic rings. The number of nitrogens with one attached hydrogen (secondary N) is 2. The molecule has 0 aromatic heterocycles. The van der Waals surface area contributed by atoms with E-state index in [9.17, 15) is 4.79 Å². The van der Waals surface area contributed by atoms with Gasteiger partial charge in [-0.15, -0.1) is 12.4 Å². The number of likely N-dealkylation sites (tertiary alicyclic amines) is 1. The van der Waals surface area contributed by atoms with Crippen molar-refractivity contribution in [3.63, 3.8) is 0 Å². The minimum Gasteiger partial charge on any atom is -0.384 e. The number of nitrogens with two attached hydrogens (primary N) is 2. The second-order valence-electron chi connectivity index (χ2n) is 7.37. The van der Waals surface area contributed by atoms with Gasteiger partial charge in [0.15, 0.2) is 0 Å². The molecular weight excluding hydrogens is 350 g/mol. The summed E-state index contributed by atoms with van der Waals surface area (Å²) < 4.78 is 0. The SMILES string of the molecule is CC(C)C[C@@H](N)CN1CCC[C@H]1C(=O)NCc1ccc(C(=N)N)cc1.Cl. The normalized spacial score (nSPS) is 18.4. The Bertz CT molecular complexity index is 590. The highest BCUT2D eigenvalue weighted by Gasteiger charge is 2.31. The van der Waals surface area contributed by atoms with E-state index in [4.69, 9.17) is 16.9 Å². The first-order chi connectivity index (χ1) is 11.9. The summed E-state index contributed by atoms with van der Waals surface area (Å²) in [5.74, 6) is 0.697. The third-order valence-corrected chi connectivity index (χ3v) is 4.64. The Morgan fingerprint density at radius 1 is 1.35 bits per heavy atom. The monoisotopic (exact) mass is 381 g/mol. The molecule has 0 spiro atoms. The lowest BCUT2D eigenvalue weighted by Crippen LogP contribution is -2.47. The molecule has 6 nitrogen and oxygen atoms in total. The predicted octanol–water partition coefficient (Wildman–Crippen LogP) is 1.85. The van der Waals surface area contributed by atoms with Gasteiger partial charge < -0.3 is 16.8 Å². The fourth-order valence-electron chi connectivity index (χ4n) is 3.43. The van der Waals surface area contributed by atoms with Gasteiger partial charge in [0.2, 0.25) is 5.91 Å². The molecule has 1 fully saturated rings. The summed E-state index contributed by atoms with van der Waals surface area (Å²) in [4.78, 5) is 14.8. The van der Waals surface area contributed by atoms with Crippen LogP contribution in [-0.2, 0) is 11.3 Å². The third-order valence-electron chi connectivity index (χ3n) is 4.64. The average Bonchev–Trinajstić information content (AvgIpc) is 3.00. The van der Waals surface area contributed by atoms with Gasteiger partial charge in [-0.2, -0.15) is 0 Å². The topological polar surface area (TPSA) is 108 Å². The zero-order valence-electron chi connectivity index (χ0n) is 15.7. The lowest BCUT2D eigenvalue weighted by atomic mass is 10.0. The van der Waals surface area contributed by atoms with Crippen LogP contribution in [0.3, 0.4) is 0 Å². The Kier molecular flexibility index (Phi) is 9.05. The second kappa shape index (κ2) is 10.5. The summed E-state index contributed by atoms with van der Waals surface area (Å²) in [6, 6.07) is 7.43. The predicted molar refractivity (Wildman–Crippen MR) is 109 cm³/mol. The van der Waals surface area contributed by atoms with Crippen molar-refractivity contribution in [2.45, 2.75) is 51.7 Å². The summed E-state index contributed by atoms with van der Waals surface area (Å²) in [6.07, 6.45) is 2.91. The Morgan fingerprint density at radius 2 is 2.00 bits per heavy atom. The highest BCUT2D eigenvalue weighted by Crippen LogP contribution is 2.19. The largest absolute Gasteiger partial charge is 0.384 e. The number of amides is 1. The molecule has 2 rings (SSSR count). The van der Waals surface area contributed by atoms with E-state index in [0.717, 1.165) is 37.9 Å². The van der Waals surface area contributed by atoms with Crippen LogP contribution in [0.1, 0.15) is 44.2 Å². The molecule has 0 aliphatic carbocycles. The first-order valence-electron chi connectivity index (χ1n) is 9.07. The van der Waals surface area contributed by atoms with Gasteiger partial charge in [0.1, 0.15) is 5.84 Å². The number of carbonyl (C=O) groups excluding carboxylic acids is 1. The molecular formula is C19H32ClN5O. The molecule has 2 atom stereocenters. The number of hydrogen-bond acceptors (Lipinski definition) is 4. The molecule has 1 aliphatic rings. The van der Waals surface area contributed by atoms with Crippen LogP contribution in [0.4, 0.5) is 0 Å². The van der Waals surface area contributed by atoms with Gasteiger partial charge in [0.25, 0.3) is 0 Å². The van der Waals surface area contributed by atoms with E-state index in [0.29, 0.717) is 18.0 Å². The van der Waals surface area contributed by atoms with Crippen LogP contribution < -0.4 is 16.8 Å². The Balaban J connectivity index is 0.00000338. The number of benzene rings is 1. The van der Waals surface area contributed by atoms with Crippen LogP contribution in [0.15, 0.2) is 24.3 Å². The van der Waals surface area contributed by atoms with E-state index in [1.165, 1.54) is 0 Å². The fraction of sp³-hybridized carbons (Fsp3) is 0.579. The van der Waals surface area contributed by atoms with Gasteiger partial charge in [-0.25, -0.2) is 0 Å². The van der Waals surface area contributed by atoms with Gasteiger partial charge in [-0.3, -0.25) is 15.1 Å². The van der Waals surface area contributed by atoms with Crippen molar-refractivity contribution in [2.75, 3.05) is 13.1 Å². The quantitative estimate of drug-likeness (QED) is 0.407. The van der Waals surface area contributed by atoms with Gasteiger partial charge in [-0.1, -0.05) is 38.1 Å². The molecule has 0 saturated carbocycles. The average molecular weight is 382 g/mol. The van der Waals surface area contributed by atoms with Crippen LogP contribution in [0.2, 0.25) is 0 Å². The Morgan fingerprint density at radius 3 is 2.58 bits per heavy atom. The van der Waals surface area contributed by atoms with Crippen molar-refractivity contribution >= 4 is 24.1 Å². The summed E-state index contributed by atoms with van der Waals surface area (Å²) >= 11 is 0. The molecule has 6 N–H and O–H groups in total. The number of rotatable bonds is 8. The summed E-state index contributed by atoms with van der Waals surface area (Å²) in [7, 11) is 0. The van der Waals surface area contributed by atoms with Crippen LogP contribution in [-0.4, -0.2) is 41.8 Å². The van der Waals surface area contributed by atoms with Crippen molar-refractivity contribution < 1.29 is 4.79 Å². The number of amidine groups is 1. The van der Waals surface area contributed by atoms with Crippen molar-refractivity contribution in [3.05, 3.63) is 35.4 Å². The number of nitrogens with zero attached hydrogens (tertiary/aromatic N) is 1. The van der Waals surface area contributed by atoms with E-state index in [1.807, 2.05) is 12.1 Å². The maximum Gasteiger partial charge on any atom is 0.237 e. The molecule has 26 heavy (non-hydrogen) atoms. The molecule has 7 heteroatoms. The number of halogens is 1. The van der Waals surface area contributed by atoms with Gasteiger partial charge in [0.05, 0.1) is 6.04 Å². The van der Waals surface area contributed by atoms with Crippen LogP contribution in [0.25, 0.3) is 0 Å². The number of carbonyl (C=O) groups is 1. The van der Waals surface area contributed by atoms with E-state index in [-0.39, 0.29) is 36.2 Å². The van der Waals surface area contributed by atoms with Crippen LogP contribution >= 0.6 is 12.4 Å². The minimum absolute atomic E-state index is 0. The van der Waals surface area contributed by atoms with E-state index >= 15 is 0 Å². The second-order valence-corrected chi connectivity index (χ2v) is 7.37. The van der Waals surface area contributed by atoms with Gasteiger partial charge in [-0.05, 0) is 37.3 Å². The summed E-state index contributed by atoms with van der Waals surface area (Å²) in [5, 5.41) is 10.4. The number of nitrogen functional groups attached to an aromatic ring is 1. The zero-order chi connectivity index (χ0) is 18.4. The van der Waals surface area contributed by atoms with E-state index < -0.39 is 0 Å². The minimum atomic E-state index is -0.0743. The third kappa shape index (κ3) is 6.59. The fourth-order valence-corrected chi connectivity index (χ4v) is 3.43. The molecule has 1 amide bonds. The molecule has 146 valence electrons. The zero-order valence-corrected chi connectivity index (χ0v) is 16.5. The molecule has 1 aliphatic heterocycles. The van der Waals surface area contributed by atoms with Crippen molar-refractivity contribution in [1.82, 2.24) is 10.2 Å². The highest BCUT2D eigenvalue weighted by molar-refractivity contribution is 5.94. The first kappa shape index (κ1) is 22.4. The van der Waals surface area contributed by atoms with Crippen molar-refractivity contribution in [1.29, 1.82) is 5.41 Å². The van der Waals surface area contributed by atoms with Gasteiger partial charge in [0, 0.05) is 24.7 Å². The maximum atomic E-state index is 12.6. The Labute approximate surface area is 162 Å². The summed E-state index contributed by atoms with van der Waals surface area (Å²) in [6.45, 7) is 6.55. The first-order valence-corrected chi connectivity index (χ1v) is 9.07. The lowest BCUT2D eigenvalue weighted by Gasteiger charge is -2.27. The van der Waals surface area contributed by atoms with Crippen molar-refractivity contribution in [3.8, 4) is 0 Å². The van der Waals surface area contributed by atoms with Crippen LogP contribution in [0, 0.1) is 11.3 Å². The standard InChI is InChI=1S/C19H31N5O.ClH/c1-13(2)10-16(20)12-24-9-3-4-17(24)19(25)23-11-14-5-7-15(8-6-14)18(21)22;/h5-8,13,16-17H,3-4,9-12,20H2,1-2H3,(H3,21,22)(H,23,25);1H/t16-,17+;/m1./s1. The molecule has 1 saturated heterocycles. The smallest absolute Gasteiger partial charge is 0.237 e. The highest BCUT2D eigenvalue weighted by atomic mass is 35.5.